The topological polar surface area (TPSA) is 139 Å². The van der Waals surface area contributed by atoms with Crippen molar-refractivity contribution in [3.05, 3.63) is 42.5 Å². The fourth-order valence-corrected chi connectivity index (χ4v) is 3.45. The summed E-state index contributed by atoms with van der Waals surface area (Å²) >= 11 is 0. The summed E-state index contributed by atoms with van der Waals surface area (Å²) in [5.74, 6) is -0.0535. The van der Waals surface area contributed by atoms with Crippen LogP contribution in [0.25, 0.3) is 0 Å². The van der Waals surface area contributed by atoms with Gasteiger partial charge in [-0.05, 0) is 40.0 Å². The highest BCUT2D eigenvalue weighted by molar-refractivity contribution is 6.24. The van der Waals surface area contributed by atoms with Gasteiger partial charge >= 0.3 is 0 Å². The van der Waals surface area contributed by atoms with Gasteiger partial charge in [-0.2, -0.15) is 0 Å². The van der Waals surface area contributed by atoms with Crippen LogP contribution in [0.3, 0.4) is 0 Å². The third kappa shape index (κ3) is 8.30. The molecule has 1 aliphatic rings. The molecule has 0 spiro atoms. The van der Waals surface area contributed by atoms with Crippen LogP contribution in [-0.2, 0) is 19.3 Å². The number of nitrogens with zero attached hydrogens (tertiary/aromatic N) is 2. The van der Waals surface area contributed by atoms with Gasteiger partial charge in [-0.25, -0.2) is 0 Å². The molecule has 10 nitrogen and oxygen atoms in total. The number of rotatable bonds is 15. The Hall–Kier alpha value is -2.78. The van der Waals surface area contributed by atoms with Crippen molar-refractivity contribution in [2.75, 3.05) is 6.61 Å². The first-order chi connectivity index (χ1) is 14.1. The summed E-state index contributed by atoms with van der Waals surface area (Å²) in [6.45, 7) is 4.65. The Morgan fingerprint density at radius 1 is 0.767 bits per heavy atom. The zero-order valence-electron chi connectivity index (χ0n) is 17.8. The molecule has 10 heteroatoms. The summed E-state index contributed by atoms with van der Waals surface area (Å²) in [5.41, 5.74) is 2.29. The van der Waals surface area contributed by atoms with E-state index in [1.54, 1.807) is 20.8 Å². The third-order valence-electron chi connectivity index (χ3n) is 5.36. The molecule has 0 saturated carbocycles. The number of carbonyl (C=O) groups excluding carboxylic acids is 2. The minimum atomic E-state index is -0.997. The lowest BCUT2D eigenvalue weighted by molar-refractivity contribution is -0.790. The molecule has 168 valence electrons. The number of allylic oxidation sites excluding steroid dienone is 4. The van der Waals surface area contributed by atoms with Gasteiger partial charge in [0.05, 0.1) is 0 Å². The van der Waals surface area contributed by atoms with E-state index in [9.17, 15) is 29.8 Å². The largest absolute Gasteiger partial charge is 0.312 e. The molecule has 1 rings (SSSR count). The second-order valence-electron chi connectivity index (χ2n) is 7.50. The van der Waals surface area contributed by atoms with Crippen molar-refractivity contribution in [1.82, 2.24) is 0 Å². The Bertz CT molecular complexity index is 726. The minimum Gasteiger partial charge on any atom is -0.312 e. The van der Waals surface area contributed by atoms with Crippen molar-refractivity contribution in [2.24, 2.45) is 0 Å². The Labute approximate surface area is 175 Å². The second-order valence-corrected chi connectivity index (χ2v) is 7.50. The molecule has 0 bridgehead atoms. The first-order valence-corrected chi connectivity index (χ1v) is 10.2. The maximum absolute atomic E-state index is 12.4. The van der Waals surface area contributed by atoms with E-state index in [2.05, 4.69) is 9.68 Å². The molecule has 0 aromatic rings. The molecular formula is C20H30N2O8. The SMILES string of the molecule is CC1=C(C)C(=O)C(CCCCCCCCCC(CO[N+](=O)[O-])O[N+](=O)[O-])=C(C)C1=O. The molecule has 1 atom stereocenters. The van der Waals surface area contributed by atoms with Crippen molar-refractivity contribution in [3.8, 4) is 0 Å². The Balaban J connectivity index is 2.20. The second kappa shape index (κ2) is 12.7. The third-order valence-corrected chi connectivity index (χ3v) is 5.36. The van der Waals surface area contributed by atoms with Crippen molar-refractivity contribution in [2.45, 2.75) is 84.7 Å². The van der Waals surface area contributed by atoms with Gasteiger partial charge in [-0.3, -0.25) is 9.59 Å². The lowest BCUT2D eigenvalue weighted by Gasteiger charge is -2.18. The van der Waals surface area contributed by atoms with Gasteiger partial charge in [0.15, 0.2) is 11.6 Å². The van der Waals surface area contributed by atoms with Gasteiger partial charge in [-0.15, -0.1) is 20.2 Å². The summed E-state index contributed by atoms with van der Waals surface area (Å²) in [7, 11) is 0. The number of hydrogen-bond donors (Lipinski definition) is 0. The van der Waals surface area contributed by atoms with Crippen molar-refractivity contribution < 1.29 is 29.4 Å². The normalized spacial score (nSPS) is 15.4. The molecule has 0 saturated heterocycles. The molecular weight excluding hydrogens is 396 g/mol. The monoisotopic (exact) mass is 426 g/mol. The Kier molecular flexibility index (Phi) is 10.7. The summed E-state index contributed by atoms with van der Waals surface area (Å²) in [6.07, 6.45) is 6.14. The van der Waals surface area contributed by atoms with Crippen LogP contribution in [0.2, 0.25) is 0 Å². The molecule has 1 aliphatic carbocycles. The lowest BCUT2D eigenvalue weighted by Crippen LogP contribution is -2.24. The zero-order valence-corrected chi connectivity index (χ0v) is 17.8. The fourth-order valence-electron chi connectivity index (χ4n) is 3.45. The summed E-state index contributed by atoms with van der Waals surface area (Å²) in [5, 5.41) is 18.6. The number of unbranched alkanes of at least 4 members (excludes halogenated alkanes) is 6. The van der Waals surface area contributed by atoms with E-state index in [1.165, 1.54) is 0 Å². The quantitative estimate of drug-likeness (QED) is 0.165. The van der Waals surface area contributed by atoms with Crippen LogP contribution in [0.15, 0.2) is 22.3 Å². The molecule has 30 heavy (non-hydrogen) atoms. The minimum absolute atomic E-state index is 0.0165. The molecule has 1 unspecified atom stereocenters. The van der Waals surface area contributed by atoms with Crippen LogP contribution in [0, 0.1) is 20.2 Å². The molecule has 0 heterocycles. The first kappa shape index (κ1) is 25.3. The number of carbonyl (C=O) groups is 2. The van der Waals surface area contributed by atoms with Gasteiger partial charge < -0.3 is 9.68 Å². The van der Waals surface area contributed by atoms with Gasteiger partial charge in [0, 0.05) is 22.3 Å². The number of Topliss-reactive ketones (excluding diaryl/α,β-unsaturated/α-hetero) is 2. The fraction of sp³-hybridized carbons (Fsp3) is 0.700. The summed E-state index contributed by atoms with van der Waals surface area (Å²) in [6, 6.07) is 0. The average Bonchev–Trinajstić information content (AvgIpc) is 2.69. The standard InChI is InChI=1S/C20H30N2O8/c1-14-15(2)20(24)18(16(3)19(14)23)12-10-8-6-4-5-7-9-11-17(30-22(27)28)13-29-21(25)26/h17H,4-13H2,1-3H3. The van der Waals surface area contributed by atoms with Gasteiger partial charge in [-0.1, -0.05) is 38.5 Å². The van der Waals surface area contributed by atoms with E-state index in [0.29, 0.717) is 41.6 Å². The zero-order chi connectivity index (χ0) is 22.7. The van der Waals surface area contributed by atoms with Crippen molar-refractivity contribution >= 4 is 11.6 Å². The smallest absolute Gasteiger partial charge is 0.294 e. The van der Waals surface area contributed by atoms with Gasteiger partial charge in [0.25, 0.3) is 10.2 Å². The predicted molar refractivity (Wildman–Crippen MR) is 107 cm³/mol. The highest BCUT2D eigenvalue weighted by atomic mass is 17.0. The van der Waals surface area contributed by atoms with E-state index < -0.39 is 22.9 Å². The van der Waals surface area contributed by atoms with Gasteiger partial charge in [0.2, 0.25) is 0 Å². The van der Waals surface area contributed by atoms with E-state index in [1.807, 2.05) is 0 Å². The van der Waals surface area contributed by atoms with Crippen LogP contribution >= 0.6 is 0 Å². The summed E-state index contributed by atoms with van der Waals surface area (Å²) in [4.78, 5) is 53.7. The molecule has 0 aromatic carbocycles. The Morgan fingerprint density at radius 2 is 1.30 bits per heavy atom. The lowest BCUT2D eigenvalue weighted by atomic mass is 9.84. The Morgan fingerprint density at radius 3 is 1.87 bits per heavy atom. The highest BCUT2D eigenvalue weighted by Crippen LogP contribution is 2.27. The van der Waals surface area contributed by atoms with Crippen molar-refractivity contribution in [1.29, 1.82) is 0 Å². The maximum atomic E-state index is 12.4. The molecule has 0 aliphatic heterocycles. The van der Waals surface area contributed by atoms with Crippen LogP contribution in [0.1, 0.15) is 78.6 Å². The molecule has 0 aromatic heterocycles. The highest BCUT2D eigenvalue weighted by Gasteiger charge is 2.27. The van der Waals surface area contributed by atoms with Gasteiger partial charge in [0.1, 0.15) is 12.7 Å². The van der Waals surface area contributed by atoms with Crippen molar-refractivity contribution in [3.63, 3.8) is 0 Å². The van der Waals surface area contributed by atoms with Crippen LogP contribution in [0.4, 0.5) is 0 Å². The molecule has 0 N–H and O–H groups in total. The van der Waals surface area contributed by atoms with Crippen LogP contribution < -0.4 is 0 Å². The number of hydrogen-bond acceptors (Lipinski definition) is 8. The van der Waals surface area contributed by atoms with E-state index in [-0.39, 0.29) is 11.6 Å². The molecule has 0 fully saturated rings. The van der Waals surface area contributed by atoms with E-state index in [0.717, 1.165) is 38.5 Å². The molecule has 0 amide bonds. The molecule has 0 radical (unpaired) electrons. The average molecular weight is 426 g/mol. The predicted octanol–water partition coefficient (Wildman–Crippen LogP) is 4.09. The summed E-state index contributed by atoms with van der Waals surface area (Å²) < 4.78 is 0. The maximum Gasteiger partial charge on any atom is 0.294 e. The van der Waals surface area contributed by atoms with Crippen LogP contribution in [0.5, 0.6) is 0 Å². The van der Waals surface area contributed by atoms with E-state index in [4.69, 9.17) is 0 Å². The van der Waals surface area contributed by atoms with E-state index >= 15 is 0 Å². The number of ketones is 2. The van der Waals surface area contributed by atoms with Crippen LogP contribution in [-0.4, -0.2) is 34.5 Å². The first-order valence-electron chi connectivity index (χ1n) is 10.2.